The molecule has 1 amide bonds. The predicted octanol–water partition coefficient (Wildman–Crippen LogP) is 5.75. The van der Waals surface area contributed by atoms with E-state index in [1.165, 1.54) is 11.3 Å². The first-order valence-electron chi connectivity index (χ1n) is 15.4. The Labute approximate surface area is 262 Å². The first-order chi connectivity index (χ1) is 21.4. The molecule has 0 bridgehead atoms. The summed E-state index contributed by atoms with van der Waals surface area (Å²) in [5.41, 5.74) is 5.80. The highest BCUT2D eigenvalue weighted by atomic mass is 16.6. The summed E-state index contributed by atoms with van der Waals surface area (Å²) in [6.07, 6.45) is 3.23. The first kappa shape index (κ1) is 30.3. The monoisotopic (exact) mass is 608 g/mol. The molecular formula is C35H40N6O4. The molecule has 0 atom stereocenters. The number of hydrogen-bond donors (Lipinski definition) is 1. The van der Waals surface area contributed by atoms with E-state index in [0.29, 0.717) is 17.0 Å². The zero-order valence-electron chi connectivity index (χ0n) is 26.8. The van der Waals surface area contributed by atoms with Gasteiger partial charge in [-0.15, -0.1) is 0 Å². The number of aromatic amines is 1. The Morgan fingerprint density at radius 3 is 2.40 bits per heavy atom. The standard InChI is InChI=1S/C35H40N6O4/c1-35(2,3)45-34(44)41-30-12-11-25(19-29(30)37-33(41)43)27-13-16-36-31-28(27)20-26(39(31)6)21-40-17-14-23(15-18-40)22-7-9-24(10-8-22)32(42)38(4)5/h7-13,16,19-20,23H,14-15,17-18,21H2,1-6H3,(H,37,43). The average Bonchev–Trinajstić information content (AvgIpc) is 3.51. The van der Waals surface area contributed by atoms with Crippen molar-refractivity contribution in [1.82, 2.24) is 28.9 Å². The molecule has 0 spiro atoms. The molecule has 0 aliphatic carbocycles. The Balaban J connectivity index is 1.19. The number of amides is 1. The van der Waals surface area contributed by atoms with Gasteiger partial charge in [0.25, 0.3) is 5.91 Å². The molecule has 1 aliphatic rings. The number of carbonyl (C=O) groups excluding carboxylic acids is 2. The zero-order chi connectivity index (χ0) is 32.0. The van der Waals surface area contributed by atoms with E-state index in [0.717, 1.165) is 64.8 Å². The molecule has 0 unspecified atom stereocenters. The molecule has 10 heteroatoms. The van der Waals surface area contributed by atoms with Gasteiger partial charge in [0.2, 0.25) is 0 Å². The summed E-state index contributed by atoms with van der Waals surface area (Å²) in [6.45, 7) is 8.11. The van der Waals surface area contributed by atoms with Gasteiger partial charge < -0.3 is 19.2 Å². The van der Waals surface area contributed by atoms with Crippen molar-refractivity contribution in [1.29, 1.82) is 0 Å². The average molecular weight is 609 g/mol. The predicted molar refractivity (Wildman–Crippen MR) is 176 cm³/mol. The number of aryl methyl sites for hydroxylation is 1. The minimum Gasteiger partial charge on any atom is -0.443 e. The summed E-state index contributed by atoms with van der Waals surface area (Å²) >= 11 is 0. The number of hydrogen-bond acceptors (Lipinski definition) is 6. The Kier molecular flexibility index (Phi) is 7.86. The number of likely N-dealkylation sites (tertiary alicyclic amines) is 1. The molecule has 5 aromatic rings. The van der Waals surface area contributed by atoms with E-state index in [-0.39, 0.29) is 5.91 Å². The molecule has 4 heterocycles. The normalized spacial score (nSPS) is 14.7. The van der Waals surface area contributed by atoms with Gasteiger partial charge in [-0.1, -0.05) is 18.2 Å². The molecule has 10 nitrogen and oxygen atoms in total. The Hall–Kier alpha value is -4.70. The van der Waals surface area contributed by atoms with Gasteiger partial charge in [0, 0.05) is 50.5 Å². The molecule has 45 heavy (non-hydrogen) atoms. The van der Waals surface area contributed by atoms with Crippen molar-refractivity contribution in [3.63, 3.8) is 0 Å². The molecule has 0 radical (unpaired) electrons. The lowest BCUT2D eigenvalue weighted by atomic mass is 9.89. The number of aromatic nitrogens is 4. The van der Waals surface area contributed by atoms with Crippen LogP contribution in [0.15, 0.2) is 65.6 Å². The smallest absolute Gasteiger partial charge is 0.423 e. The van der Waals surface area contributed by atoms with Crippen molar-refractivity contribution < 1.29 is 14.3 Å². The second-order valence-corrected chi connectivity index (χ2v) is 13.1. The van der Waals surface area contributed by atoms with Crippen LogP contribution in [-0.4, -0.2) is 73.7 Å². The van der Waals surface area contributed by atoms with Crippen molar-refractivity contribution in [3.05, 3.63) is 88.1 Å². The number of imidazole rings is 1. The highest BCUT2D eigenvalue weighted by Crippen LogP contribution is 2.33. The summed E-state index contributed by atoms with van der Waals surface area (Å²) in [5.74, 6) is 0.508. The Bertz CT molecular complexity index is 1950. The molecular weight excluding hydrogens is 568 g/mol. The van der Waals surface area contributed by atoms with Crippen LogP contribution in [0.25, 0.3) is 33.2 Å². The van der Waals surface area contributed by atoms with Gasteiger partial charge >= 0.3 is 11.8 Å². The van der Waals surface area contributed by atoms with E-state index in [4.69, 9.17) is 9.72 Å². The largest absolute Gasteiger partial charge is 0.443 e. The van der Waals surface area contributed by atoms with Gasteiger partial charge in [-0.05, 0) is 106 Å². The van der Waals surface area contributed by atoms with Crippen molar-refractivity contribution in [2.45, 2.75) is 51.7 Å². The second-order valence-electron chi connectivity index (χ2n) is 13.1. The fourth-order valence-corrected chi connectivity index (χ4v) is 6.25. The zero-order valence-corrected chi connectivity index (χ0v) is 26.8. The van der Waals surface area contributed by atoms with Crippen LogP contribution in [0, 0.1) is 0 Å². The second kappa shape index (κ2) is 11.7. The van der Waals surface area contributed by atoms with Crippen LogP contribution in [-0.2, 0) is 18.3 Å². The number of H-pyrrole nitrogens is 1. The van der Waals surface area contributed by atoms with Crippen LogP contribution in [0.5, 0.6) is 0 Å². The van der Waals surface area contributed by atoms with E-state index < -0.39 is 17.4 Å². The molecule has 0 saturated carbocycles. The first-order valence-corrected chi connectivity index (χ1v) is 15.4. The minimum absolute atomic E-state index is 0.0248. The number of piperidine rings is 1. The molecule has 234 valence electrons. The molecule has 3 aromatic heterocycles. The summed E-state index contributed by atoms with van der Waals surface area (Å²) in [6, 6.07) is 17.9. The molecule has 1 aliphatic heterocycles. The summed E-state index contributed by atoms with van der Waals surface area (Å²) in [4.78, 5) is 49.3. The Morgan fingerprint density at radius 1 is 1.02 bits per heavy atom. The highest BCUT2D eigenvalue weighted by molar-refractivity contribution is 5.97. The maximum Gasteiger partial charge on any atom is 0.423 e. The maximum atomic E-state index is 12.7. The van der Waals surface area contributed by atoms with Crippen molar-refractivity contribution >= 4 is 34.1 Å². The van der Waals surface area contributed by atoms with E-state index >= 15 is 0 Å². The molecule has 1 N–H and O–H groups in total. The molecule has 6 rings (SSSR count). The van der Waals surface area contributed by atoms with Gasteiger partial charge in [-0.25, -0.2) is 14.6 Å². The van der Waals surface area contributed by atoms with E-state index in [9.17, 15) is 14.4 Å². The quantitative estimate of drug-likeness (QED) is 0.273. The summed E-state index contributed by atoms with van der Waals surface area (Å²) in [7, 11) is 5.60. The summed E-state index contributed by atoms with van der Waals surface area (Å²) < 4.78 is 8.64. The van der Waals surface area contributed by atoms with Crippen LogP contribution in [0.2, 0.25) is 0 Å². The SMILES string of the molecule is CN(C)C(=O)c1ccc(C2CCN(Cc3cc4c(-c5ccc6c(c5)[nH]c(=O)n6C(=O)OC(C)(C)C)ccnc4n3C)CC2)cc1. The van der Waals surface area contributed by atoms with Gasteiger partial charge in [-0.3, -0.25) is 9.69 Å². The fraction of sp³-hybridized carbons (Fsp3) is 0.371. The Morgan fingerprint density at radius 2 is 1.73 bits per heavy atom. The van der Waals surface area contributed by atoms with Gasteiger partial charge in [0.05, 0.1) is 11.0 Å². The third-order valence-corrected chi connectivity index (χ3v) is 8.61. The third kappa shape index (κ3) is 6.02. The van der Waals surface area contributed by atoms with Crippen molar-refractivity contribution in [2.75, 3.05) is 27.2 Å². The van der Waals surface area contributed by atoms with Crippen molar-refractivity contribution in [3.8, 4) is 11.1 Å². The number of pyridine rings is 1. The van der Waals surface area contributed by atoms with E-state index in [2.05, 4.69) is 39.7 Å². The number of nitrogens with one attached hydrogen (secondary N) is 1. The van der Waals surface area contributed by atoms with Gasteiger partial charge in [-0.2, -0.15) is 4.57 Å². The lowest BCUT2D eigenvalue weighted by Crippen LogP contribution is -2.33. The van der Waals surface area contributed by atoms with Gasteiger partial charge in [0.15, 0.2) is 0 Å². The number of rotatable bonds is 5. The van der Waals surface area contributed by atoms with Crippen LogP contribution >= 0.6 is 0 Å². The number of benzene rings is 2. The van der Waals surface area contributed by atoms with Crippen LogP contribution in [0.3, 0.4) is 0 Å². The van der Waals surface area contributed by atoms with E-state index in [1.807, 2.05) is 36.5 Å². The van der Waals surface area contributed by atoms with Gasteiger partial charge in [0.1, 0.15) is 11.2 Å². The number of nitrogens with zero attached hydrogens (tertiary/aromatic N) is 5. The third-order valence-electron chi connectivity index (χ3n) is 8.61. The number of fused-ring (bicyclic) bond motifs is 2. The molecule has 1 fully saturated rings. The fourth-order valence-electron chi connectivity index (χ4n) is 6.25. The molecule has 2 aromatic carbocycles. The lowest BCUT2D eigenvalue weighted by molar-refractivity contribution is 0.0538. The van der Waals surface area contributed by atoms with Crippen LogP contribution < -0.4 is 5.69 Å². The molecule has 1 saturated heterocycles. The topological polar surface area (TPSA) is 105 Å². The summed E-state index contributed by atoms with van der Waals surface area (Å²) in [5, 5.41) is 1.03. The van der Waals surface area contributed by atoms with Crippen molar-refractivity contribution in [2.24, 2.45) is 7.05 Å². The van der Waals surface area contributed by atoms with E-state index in [1.54, 1.807) is 45.8 Å². The number of carbonyl (C=O) groups is 2. The number of ether oxygens (including phenoxy) is 1. The highest BCUT2D eigenvalue weighted by Gasteiger charge is 2.24. The maximum absolute atomic E-state index is 12.7. The lowest BCUT2D eigenvalue weighted by Gasteiger charge is -2.32. The van der Waals surface area contributed by atoms with Crippen LogP contribution in [0.1, 0.15) is 61.1 Å². The minimum atomic E-state index is -0.718. The van der Waals surface area contributed by atoms with Crippen LogP contribution in [0.4, 0.5) is 4.79 Å².